The molecule has 1 aromatic carbocycles. The van der Waals surface area contributed by atoms with Gasteiger partial charge in [-0.05, 0) is 51.2 Å². The second kappa shape index (κ2) is 7.27. The number of rotatable bonds is 5. The van der Waals surface area contributed by atoms with Gasteiger partial charge in [-0.25, -0.2) is 13.1 Å². The molecule has 2 aromatic rings. The van der Waals surface area contributed by atoms with Gasteiger partial charge in [0.1, 0.15) is 0 Å². The summed E-state index contributed by atoms with van der Waals surface area (Å²) >= 11 is 0. The number of nitrogens with one attached hydrogen (secondary N) is 1. The number of alkyl halides is 3. The SMILES string of the molecule is Cc1ccc(S(=O)(=O)NCCn2nc(C(F)(F)F)c3c2CCCC3)c(C)c1. The summed E-state index contributed by atoms with van der Waals surface area (Å²) in [6.45, 7) is 3.61. The fraction of sp³-hybridized carbons (Fsp3) is 0.500. The van der Waals surface area contributed by atoms with Crippen LogP contribution in [0, 0.1) is 13.8 Å². The first kappa shape index (κ1) is 19.9. The van der Waals surface area contributed by atoms with Crippen LogP contribution in [0.15, 0.2) is 23.1 Å². The zero-order chi connectivity index (χ0) is 19.8. The van der Waals surface area contributed by atoms with E-state index in [-0.39, 0.29) is 23.5 Å². The molecule has 1 aromatic heterocycles. The smallest absolute Gasteiger partial charge is 0.267 e. The molecular weight excluding hydrogens is 379 g/mol. The first-order chi connectivity index (χ1) is 12.6. The van der Waals surface area contributed by atoms with Crippen molar-refractivity contribution in [1.82, 2.24) is 14.5 Å². The zero-order valence-electron chi connectivity index (χ0n) is 15.2. The molecule has 0 bridgehead atoms. The number of fused-ring (bicyclic) bond motifs is 1. The minimum Gasteiger partial charge on any atom is -0.267 e. The van der Waals surface area contributed by atoms with Crippen LogP contribution < -0.4 is 4.72 Å². The Kier molecular flexibility index (Phi) is 5.36. The van der Waals surface area contributed by atoms with Crippen molar-refractivity contribution in [3.8, 4) is 0 Å². The molecule has 0 radical (unpaired) electrons. The molecule has 0 spiro atoms. The van der Waals surface area contributed by atoms with Gasteiger partial charge in [-0.15, -0.1) is 0 Å². The van der Waals surface area contributed by atoms with Crippen molar-refractivity contribution in [1.29, 1.82) is 0 Å². The number of hydrogen-bond donors (Lipinski definition) is 1. The number of hydrogen-bond acceptors (Lipinski definition) is 3. The van der Waals surface area contributed by atoms with Gasteiger partial charge >= 0.3 is 6.18 Å². The lowest BCUT2D eigenvalue weighted by Crippen LogP contribution is -2.29. The van der Waals surface area contributed by atoms with Crippen molar-refractivity contribution in [2.75, 3.05) is 6.54 Å². The third-order valence-electron chi connectivity index (χ3n) is 4.76. The summed E-state index contributed by atoms with van der Waals surface area (Å²) in [5.41, 5.74) is 1.56. The van der Waals surface area contributed by atoms with Crippen molar-refractivity contribution in [3.63, 3.8) is 0 Å². The maximum Gasteiger partial charge on any atom is 0.435 e. The molecule has 0 fully saturated rings. The van der Waals surface area contributed by atoms with Gasteiger partial charge in [0.15, 0.2) is 5.69 Å². The monoisotopic (exact) mass is 401 g/mol. The van der Waals surface area contributed by atoms with Crippen LogP contribution in [0.2, 0.25) is 0 Å². The molecule has 0 atom stereocenters. The number of aromatic nitrogens is 2. The van der Waals surface area contributed by atoms with E-state index in [1.165, 1.54) is 10.7 Å². The van der Waals surface area contributed by atoms with Crippen molar-refractivity contribution < 1.29 is 21.6 Å². The summed E-state index contributed by atoms with van der Waals surface area (Å²) in [7, 11) is -3.73. The van der Waals surface area contributed by atoms with Crippen LogP contribution in [0.25, 0.3) is 0 Å². The molecule has 1 aliphatic carbocycles. The Morgan fingerprint density at radius 2 is 1.89 bits per heavy atom. The maximum absolute atomic E-state index is 13.2. The van der Waals surface area contributed by atoms with Gasteiger partial charge in [0.2, 0.25) is 10.0 Å². The molecule has 0 amide bonds. The normalized spacial score (nSPS) is 15.0. The molecule has 1 heterocycles. The maximum atomic E-state index is 13.2. The Bertz CT molecular complexity index is 949. The second-order valence-corrected chi connectivity index (χ2v) is 8.60. The van der Waals surface area contributed by atoms with Crippen LogP contribution in [-0.4, -0.2) is 24.7 Å². The molecule has 27 heavy (non-hydrogen) atoms. The largest absolute Gasteiger partial charge is 0.435 e. The topological polar surface area (TPSA) is 64.0 Å². The average Bonchev–Trinajstić information content (AvgIpc) is 2.93. The molecular formula is C18H22F3N3O2S. The van der Waals surface area contributed by atoms with Crippen molar-refractivity contribution in [3.05, 3.63) is 46.3 Å². The molecule has 1 N–H and O–H groups in total. The van der Waals surface area contributed by atoms with Gasteiger partial charge in [-0.1, -0.05) is 17.7 Å². The zero-order valence-corrected chi connectivity index (χ0v) is 16.0. The van der Waals surface area contributed by atoms with E-state index in [0.29, 0.717) is 30.5 Å². The lowest BCUT2D eigenvalue weighted by Gasteiger charge is -2.15. The summed E-state index contributed by atoms with van der Waals surface area (Å²) in [4.78, 5) is 0.173. The molecule has 0 saturated heterocycles. The average molecular weight is 401 g/mol. The van der Waals surface area contributed by atoms with Crippen molar-refractivity contribution in [2.45, 2.75) is 57.1 Å². The highest BCUT2D eigenvalue weighted by Gasteiger charge is 2.39. The van der Waals surface area contributed by atoms with Crippen LogP contribution in [0.4, 0.5) is 13.2 Å². The van der Waals surface area contributed by atoms with Gasteiger partial charge in [0.25, 0.3) is 0 Å². The third-order valence-corrected chi connectivity index (χ3v) is 6.38. The predicted octanol–water partition coefficient (Wildman–Crippen LogP) is 3.38. The Hall–Kier alpha value is -1.87. The highest BCUT2D eigenvalue weighted by atomic mass is 32.2. The number of halogens is 3. The quantitative estimate of drug-likeness (QED) is 0.836. The lowest BCUT2D eigenvalue weighted by molar-refractivity contribution is -0.142. The van der Waals surface area contributed by atoms with E-state index in [4.69, 9.17) is 0 Å². The molecule has 0 saturated carbocycles. The summed E-state index contributed by atoms with van der Waals surface area (Å²) in [5.74, 6) is 0. The van der Waals surface area contributed by atoms with Gasteiger partial charge in [0, 0.05) is 17.8 Å². The fourth-order valence-electron chi connectivity index (χ4n) is 3.55. The van der Waals surface area contributed by atoms with Crippen molar-refractivity contribution >= 4 is 10.0 Å². The second-order valence-electron chi connectivity index (χ2n) is 6.87. The number of benzene rings is 1. The van der Waals surface area contributed by atoms with Crippen LogP contribution >= 0.6 is 0 Å². The van der Waals surface area contributed by atoms with Crippen LogP contribution in [0.5, 0.6) is 0 Å². The summed E-state index contributed by atoms with van der Waals surface area (Å²) in [6, 6.07) is 5.01. The Balaban J connectivity index is 1.76. The van der Waals surface area contributed by atoms with E-state index in [0.717, 1.165) is 12.0 Å². The summed E-state index contributed by atoms with van der Waals surface area (Å²) in [5, 5.41) is 3.74. The van der Waals surface area contributed by atoms with E-state index < -0.39 is 21.9 Å². The lowest BCUT2D eigenvalue weighted by atomic mass is 9.95. The number of sulfonamides is 1. The number of aryl methyl sites for hydroxylation is 2. The van der Waals surface area contributed by atoms with Gasteiger partial charge < -0.3 is 0 Å². The molecule has 0 aliphatic heterocycles. The van der Waals surface area contributed by atoms with E-state index in [2.05, 4.69) is 9.82 Å². The van der Waals surface area contributed by atoms with Gasteiger partial charge in [0.05, 0.1) is 11.4 Å². The molecule has 1 aliphatic rings. The highest BCUT2D eigenvalue weighted by Crippen LogP contribution is 2.35. The molecule has 0 unspecified atom stereocenters. The van der Waals surface area contributed by atoms with Gasteiger partial charge in [-0.3, -0.25) is 4.68 Å². The first-order valence-corrected chi connectivity index (χ1v) is 10.3. The highest BCUT2D eigenvalue weighted by molar-refractivity contribution is 7.89. The van der Waals surface area contributed by atoms with E-state index in [9.17, 15) is 21.6 Å². The Labute approximate surface area is 156 Å². The first-order valence-electron chi connectivity index (χ1n) is 8.82. The van der Waals surface area contributed by atoms with Crippen LogP contribution in [-0.2, 0) is 35.6 Å². The van der Waals surface area contributed by atoms with E-state index in [1.54, 1.807) is 19.1 Å². The minimum atomic E-state index is -4.49. The van der Waals surface area contributed by atoms with Gasteiger partial charge in [-0.2, -0.15) is 18.3 Å². The van der Waals surface area contributed by atoms with Crippen molar-refractivity contribution in [2.24, 2.45) is 0 Å². The Morgan fingerprint density at radius 3 is 2.56 bits per heavy atom. The predicted molar refractivity (Wildman–Crippen MR) is 95.0 cm³/mol. The molecule has 9 heteroatoms. The molecule has 5 nitrogen and oxygen atoms in total. The van der Waals surface area contributed by atoms with Crippen LogP contribution in [0.3, 0.4) is 0 Å². The third kappa shape index (κ3) is 4.19. The Morgan fingerprint density at radius 1 is 1.19 bits per heavy atom. The van der Waals surface area contributed by atoms with E-state index in [1.807, 2.05) is 6.92 Å². The minimum absolute atomic E-state index is 0.0267. The molecule has 148 valence electrons. The fourth-order valence-corrected chi connectivity index (χ4v) is 4.79. The van der Waals surface area contributed by atoms with E-state index >= 15 is 0 Å². The molecule has 3 rings (SSSR count). The number of nitrogens with zero attached hydrogens (tertiary/aromatic N) is 2. The standard InChI is InChI=1S/C18H22F3N3O2S/c1-12-7-8-16(13(2)11-12)27(25,26)22-9-10-24-15-6-4-3-5-14(15)17(23-24)18(19,20)21/h7-8,11,22H,3-6,9-10H2,1-2H3. The summed E-state index contributed by atoms with van der Waals surface area (Å²) < 4.78 is 68.4. The summed E-state index contributed by atoms with van der Waals surface area (Å²) in [6.07, 6.45) is -2.09. The van der Waals surface area contributed by atoms with Crippen LogP contribution in [0.1, 0.15) is 40.9 Å².